The van der Waals surface area contributed by atoms with E-state index in [1.54, 1.807) is 7.11 Å². The fraction of sp³-hybridized carbons (Fsp3) is 0.609. The summed E-state index contributed by atoms with van der Waals surface area (Å²) in [5.74, 6) is 1.57. The first-order chi connectivity index (χ1) is 11.7. The van der Waals surface area contributed by atoms with Crippen LogP contribution < -0.4 is 4.74 Å². The molecule has 2 aliphatic rings. The number of fused-ring (bicyclic) bond motifs is 1. The molecular formula is C23H32O2. The van der Waals surface area contributed by atoms with Crippen LogP contribution >= 0.6 is 0 Å². The smallest absolute Gasteiger partial charge is 0.189 e. The average Bonchev–Trinajstić information content (AvgIpc) is 2.52. The van der Waals surface area contributed by atoms with Crippen molar-refractivity contribution in [2.45, 2.75) is 66.7 Å². The first kappa shape index (κ1) is 18.2. The largest absolute Gasteiger partial charge is 0.497 e. The molecule has 0 bridgehead atoms. The van der Waals surface area contributed by atoms with E-state index in [0.717, 1.165) is 35.3 Å². The summed E-state index contributed by atoms with van der Waals surface area (Å²) in [7, 11) is 1.66. The minimum Gasteiger partial charge on any atom is -0.497 e. The quantitative estimate of drug-likeness (QED) is 0.619. The molecule has 2 heteroatoms. The molecule has 25 heavy (non-hydrogen) atoms. The molecule has 0 heterocycles. The highest BCUT2D eigenvalue weighted by Gasteiger charge is 2.51. The third-order valence-electron chi connectivity index (χ3n) is 6.81. The molecular weight excluding hydrogens is 308 g/mol. The lowest BCUT2D eigenvalue weighted by Gasteiger charge is -2.54. The van der Waals surface area contributed by atoms with E-state index in [0.29, 0.717) is 11.3 Å². The lowest BCUT2D eigenvalue weighted by molar-refractivity contribution is 0.0121. The molecule has 1 fully saturated rings. The van der Waals surface area contributed by atoms with Crippen LogP contribution in [-0.4, -0.2) is 12.9 Å². The number of ketones is 1. The molecule has 1 aromatic rings. The van der Waals surface area contributed by atoms with Crippen LogP contribution in [0, 0.1) is 23.7 Å². The second-order valence-electron chi connectivity index (χ2n) is 9.07. The third-order valence-corrected chi connectivity index (χ3v) is 6.81. The molecule has 2 nitrogen and oxygen atoms in total. The van der Waals surface area contributed by atoms with Gasteiger partial charge in [-0.1, -0.05) is 32.8 Å². The summed E-state index contributed by atoms with van der Waals surface area (Å²) < 4.78 is 5.40. The second kappa shape index (κ2) is 6.30. The van der Waals surface area contributed by atoms with Crippen LogP contribution in [-0.2, 0) is 0 Å². The summed E-state index contributed by atoms with van der Waals surface area (Å²) in [5.41, 5.74) is 4.53. The van der Waals surface area contributed by atoms with Gasteiger partial charge in [-0.15, -0.1) is 0 Å². The maximum Gasteiger partial charge on any atom is 0.189 e. The number of rotatable bonds is 3. The van der Waals surface area contributed by atoms with Crippen LogP contribution in [0.15, 0.2) is 29.3 Å². The maximum atomic E-state index is 13.6. The Bertz CT molecular complexity index is 726. The number of methoxy groups -OCH3 is 1. The molecule has 0 N–H and O–H groups in total. The molecule has 2 atom stereocenters. The van der Waals surface area contributed by atoms with Crippen molar-refractivity contribution in [1.82, 2.24) is 0 Å². The summed E-state index contributed by atoms with van der Waals surface area (Å²) >= 11 is 0. The standard InChI is InChI=1S/C23H32O2/c1-15-12-17(14-18(13-15)25-6)21(24)20-16(2)8-9-19-22(3,4)10-7-11-23(19,20)5/h12-14,19H,7-11H2,1-6H3. The molecule has 3 rings (SSSR count). The van der Waals surface area contributed by atoms with Gasteiger partial charge in [0.2, 0.25) is 0 Å². The zero-order chi connectivity index (χ0) is 18.4. The van der Waals surface area contributed by atoms with Gasteiger partial charge in [-0.05, 0) is 80.0 Å². The zero-order valence-electron chi connectivity index (χ0n) is 16.7. The number of allylic oxidation sites excluding steroid dienone is 2. The summed E-state index contributed by atoms with van der Waals surface area (Å²) in [5, 5.41) is 0. The van der Waals surface area contributed by atoms with Crippen LogP contribution in [0.3, 0.4) is 0 Å². The number of carbonyl (C=O) groups excluding carboxylic acids is 1. The molecule has 2 unspecified atom stereocenters. The Hall–Kier alpha value is -1.57. The topological polar surface area (TPSA) is 26.3 Å². The summed E-state index contributed by atoms with van der Waals surface area (Å²) in [6.07, 6.45) is 5.87. The van der Waals surface area contributed by atoms with Gasteiger partial charge in [-0.2, -0.15) is 0 Å². The SMILES string of the molecule is COc1cc(C)cc(C(=O)C2=C(C)CCC3C(C)(C)CCCC23C)c1. The van der Waals surface area contributed by atoms with Crippen LogP contribution in [0.5, 0.6) is 5.75 Å². The number of hydrogen-bond donors (Lipinski definition) is 0. The lowest BCUT2D eigenvalue weighted by atomic mass is 9.49. The van der Waals surface area contributed by atoms with Gasteiger partial charge in [-0.3, -0.25) is 4.79 Å². The van der Waals surface area contributed by atoms with Crippen molar-refractivity contribution in [3.63, 3.8) is 0 Å². The van der Waals surface area contributed by atoms with Crippen molar-refractivity contribution < 1.29 is 9.53 Å². The molecule has 0 aliphatic heterocycles. The zero-order valence-corrected chi connectivity index (χ0v) is 16.7. The number of ether oxygens (including phenoxy) is 1. The predicted molar refractivity (Wildman–Crippen MR) is 103 cm³/mol. The number of carbonyl (C=O) groups is 1. The molecule has 136 valence electrons. The Kier molecular flexibility index (Phi) is 4.59. The van der Waals surface area contributed by atoms with Crippen LogP contribution in [0.4, 0.5) is 0 Å². The number of benzene rings is 1. The van der Waals surface area contributed by atoms with Crippen molar-refractivity contribution in [3.05, 3.63) is 40.5 Å². The van der Waals surface area contributed by atoms with Gasteiger partial charge in [0.15, 0.2) is 5.78 Å². The highest BCUT2D eigenvalue weighted by Crippen LogP contribution is 2.59. The van der Waals surface area contributed by atoms with Crippen molar-refractivity contribution in [3.8, 4) is 5.75 Å². The van der Waals surface area contributed by atoms with E-state index in [-0.39, 0.29) is 11.2 Å². The molecule has 0 spiro atoms. The van der Waals surface area contributed by atoms with Gasteiger partial charge in [0.25, 0.3) is 0 Å². The minimum absolute atomic E-state index is 0.00184. The van der Waals surface area contributed by atoms with Gasteiger partial charge < -0.3 is 4.74 Å². The number of hydrogen-bond acceptors (Lipinski definition) is 2. The summed E-state index contributed by atoms with van der Waals surface area (Å²) in [6.45, 7) is 11.3. The van der Waals surface area contributed by atoms with E-state index in [4.69, 9.17) is 4.74 Å². The normalized spacial score (nSPS) is 28.5. The van der Waals surface area contributed by atoms with Gasteiger partial charge >= 0.3 is 0 Å². The van der Waals surface area contributed by atoms with Crippen LogP contribution in [0.2, 0.25) is 0 Å². The first-order valence-electron chi connectivity index (χ1n) is 9.59. The minimum atomic E-state index is -0.00184. The highest BCUT2D eigenvalue weighted by molar-refractivity contribution is 6.10. The van der Waals surface area contributed by atoms with Crippen molar-refractivity contribution in [1.29, 1.82) is 0 Å². The average molecular weight is 341 g/mol. The molecule has 0 radical (unpaired) electrons. The monoisotopic (exact) mass is 340 g/mol. The van der Waals surface area contributed by atoms with Gasteiger partial charge in [0.1, 0.15) is 5.75 Å². The maximum absolute atomic E-state index is 13.6. The van der Waals surface area contributed by atoms with Crippen molar-refractivity contribution >= 4 is 5.78 Å². The van der Waals surface area contributed by atoms with Crippen LogP contribution in [0.1, 0.15) is 75.7 Å². The third kappa shape index (κ3) is 3.05. The molecule has 1 aromatic carbocycles. The predicted octanol–water partition coefficient (Wildman–Crippen LogP) is 6.13. The summed E-state index contributed by atoms with van der Waals surface area (Å²) in [4.78, 5) is 13.6. The Morgan fingerprint density at radius 1 is 1.12 bits per heavy atom. The second-order valence-corrected chi connectivity index (χ2v) is 9.07. The number of aryl methyl sites for hydroxylation is 1. The van der Waals surface area contributed by atoms with Crippen molar-refractivity contribution in [2.75, 3.05) is 7.11 Å². The van der Waals surface area contributed by atoms with Crippen LogP contribution in [0.25, 0.3) is 0 Å². The lowest BCUT2D eigenvalue weighted by Crippen LogP contribution is -2.47. The Balaban J connectivity index is 2.08. The van der Waals surface area contributed by atoms with Gasteiger partial charge in [0, 0.05) is 11.1 Å². The molecule has 1 saturated carbocycles. The molecule has 2 aliphatic carbocycles. The van der Waals surface area contributed by atoms with E-state index in [2.05, 4.69) is 27.7 Å². The van der Waals surface area contributed by atoms with E-state index in [1.807, 2.05) is 25.1 Å². The van der Waals surface area contributed by atoms with E-state index in [9.17, 15) is 4.79 Å². The summed E-state index contributed by atoms with van der Waals surface area (Å²) in [6, 6.07) is 5.88. The van der Waals surface area contributed by atoms with Gasteiger partial charge in [-0.25, -0.2) is 0 Å². The Morgan fingerprint density at radius 3 is 2.52 bits per heavy atom. The Morgan fingerprint density at radius 2 is 1.84 bits per heavy atom. The molecule has 0 saturated heterocycles. The Labute approximate surface area is 152 Å². The van der Waals surface area contributed by atoms with Crippen molar-refractivity contribution in [2.24, 2.45) is 16.7 Å². The van der Waals surface area contributed by atoms with E-state index in [1.165, 1.54) is 24.8 Å². The van der Waals surface area contributed by atoms with E-state index >= 15 is 0 Å². The molecule has 0 aromatic heterocycles. The first-order valence-corrected chi connectivity index (χ1v) is 9.59. The van der Waals surface area contributed by atoms with Gasteiger partial charge in [0.05, 0.1) is 7.11 Å². The highest BCUT2D eigenvalue weighted by atomic mass is 16.5. The fourth-order valence-corrected chi connectivity index (χ4v) is 5.70. The van der Waals surface area contributed by atoms with E-state index < -0.39 is 0 Å². The number of Topliss-reactive ketones (excluding diaryl/α,β-unsaturated/α-hetero) is 1. The molecule has 0 amide bonds. The fourth-order valence-electron chi connectivity index (χ4n) is 5.70.